The van der Waals surface area contributed by atoms with Crippen molar-refractivity contribution < 1.29 is 44.2 Å². The monoisotopic (exact) mass is 871 g/mol. The van der Waals surface area contributed by atoms with E-state index >= 15 is 0 Å². The molecule has 4 N–H and O–H groups in total. The Morgan fingerprint density at radius 2 is 0.984 bits per heavy atom. The lowest BCUT2D eigenvalue weighted by atomic mass is 9.99. The van der Waals surface area contributed by atoms with Crippen LogP contribution in [0, 0.1) is 0 Å². The molecule has 1 fully saturated rings. The zero-order chi connectivity index (χ0) is 45.0. The van der Waals surface area contributed by atoms with Gasteiger partial charge in [-0.05, 0) is 89.9 Å². The molecule has 0 radical (unpaired) electrons. The van der Waals surface area contributed by atoms with Crippen LogP contribution in [0.1, 0.15) is 181 Å². The van der Waals surface area contributed by atoms with Gasteiger partial charge in [0, 0.05) is 13.0 Å². The lowest BCUT2D eigenvalue weighted by Gasteiger charge is -2.39. The largest absolute Gasteiger partial charge is 0.457 e. The third-order valence-corrected chi connectivity index (χ3v) is 10.8. The maximum atomic E-state index is 12.8. The average Bonchev–Trinajstić information content (AvgIpc) is 3.27. The molecule has 62 heavy (non-hydrogen) atoms. The Kier molecular flexibility index (Phi) is 40.4. The molecule has 0 aromatic carbocycles. The highest BCUT2D eigenvalue weighted by molar-refractivity contribution is 5.69. The zero-order valence-electron chi connectivity index (χ0n) is 39.1. The van der Waals surface area contributed by atoms with Crippen LogP contribution in [-0.4, -0.2) is 89.6 Å². The number of hydrogen-bond donors (Lipinski definition) is 4. The number of carbonyl (C=O) groups is 1. The number of carbonyl (C=O) groups excluding carboxylic acids is 1. The molecule has 1 heterocycles. The highest BCUT2D eigenvalue weighted by Gasteiger charge is 2.44. The van der Waals surface area contributed by atoms with Gasteiger partial charge in [0.15, 0.2) is 6.29 Å². The van der Waals surface area contributed by atoms with Gasteiger partial charge in [-0.3, -0.25) is 4.79 Å². The van der Waals surface area contributed by atoms with Gasteiger partial charge in [0.2, 0.25) is 0 Å². The predicted octanol–water partition coefficient (Wildman–Crippen LogP) is 11.8. The molecule has 1 aliphatic heterocycles. The summed E-state index contributed by atoms with van der Waals surface area (Å²) < 4.78 is 22.8. The first kappa shape index (κ1) is 57.4. The Morgan fingerprint density at radius 1 is 0.532 bits per heavy atom. The predicted molar refractivity (Wildman–Crippen MR) is 256 cm³/mol. The fourth-order valence-electron chi connectivity index (χ4n) is 6.96. The molecule has 1 saturated heterocycles. The molecule has 0 aromatic heterocycles. The molecule has 6 atom stereocenters. The number of hydrogen-bond acceptors (Lipinski definition) is 9. The van der Waals surface area contributed by atoms with Gasteiger partial charge in [-0.1, -0.05) is 170 Å². The summed E-state index contributed by atoms with van der Waals surface area (Å²) >= 11 is 0. The number of aliphatic hydroxyl groups excluding tert-OH is 4. The van der Waals surface area contributed by atoms with E-state index in [1.807, 2.05) is 0 Å². The van der Waals surface area contributed by atoms with Gasteiger partial charge in [-0.2, -0.15) is 0 Å². The Bertz CT molecular complexity index is 1220. The summed E-state index contributed by atoms with van der Waals surface area (Å²) in [6.45, 7) is 4.37. The van der Waals surface area contributed by atoms with Crippen molar-refractivity contribution in [3.63, 3.8) is 0 Å². The first-order chi connectivity index (χ1) is 30.4. The molecule has 0 saturated carbocycles. The van der Waals surface area contributed by atoms with Crippen LogP contribution >= 0.6 is 0 Å². The van der Waals surface area contributed by atoms with Crippen LogP contribution in [-0.2, 0) is 23.7 Å². The van der Waals surface area contributed by atoms with Crippen molar-refractivity contribution in [3.8, 4) is 0 Å². The van der Waals surface area contributed by atoms with Crippen molar-refractivity contribution >= 4 is 5.97 Å². The highest BCUT2D eigenvalue weighted by atomic mass is 16.7. The van der Waals surface area contributed by atoms with E-state index in [9.17, 15) is 25.2 Å². The maximum Gasteiger partial charge on any atom is 0.306 e. The van der Waals surface area contributed by atoms with Crippen molar-refractivity contribution in [2.45, 2.75) is 218 Å². The molecular formula is C53H90O9. The van der Waals surface area contributed by atoms with Gasteiger partial charge in [-0.25, -0.2) is 0 Å². The number of unbranched alkanes of at least 4 members (excludes halogenated alkanes) is 16. The third-order valence-electron chi connectivity index (χ3n) is 10.8. The van der Waals surface area contributed by atoms with Crippen molar-refractivity contribution in [2.24, 2.45) is 0 Å². The second kappa shape index (κ2) is 43.6. The molecule has 0 spiro atoms. The lowest BCUT2D eigenvalue weighted by molar-refractivity contribution is -0.305. The first-order valence-electron chi connectivity index (χ1n) is 24.7. The molecule has 0 bridgehead atoms. The number of allylic oxidation sites excluding steroid dienone is 14. The Hall–Kier alpha value is -2.63. The van der Waals surface area contributed by atoms with Crippen LogP contribution in [0.4, 0.5) is 0 Å². The quantitative estimate of drug-likeness (QED) is 0.0269. The van der Waals surface area contributed by atoms with E-state index in [1.54, 1.807) is 0 Å². The molecule has 0 amide bonds. The Balaban J connectivity index is 2.25. The van der Waals surface area contributed by atoms with Crippen molar-refractivity contribution in [1.82, 2.24) is 0 Å². The van der Waals surface area contributed by atoms with Gasteiger partial charge >= 0.3 is 5.97 Å². The van der Waals surface area contributed by atoms with E-state index in [1.165, 1.54) is 44.9 Å². The maximum absolute atomic E-state index is 12.8. The number of rotatable bonds is 41. The zero-order valence-corrected chi connectivity index (χ0v) is 39.1. The summed E-state index contributed by atoms with van der Waals surface area (Å²) in [7, 11) is 0. The number of aliphatic hydroxyl groups is 4. The van der Waals surface area contributed by atoms with Crippen LogP contribution in [0.25, 0.3) is 0 Å². The van der Waals surface area contributed by atoms with Crippen molar-refractivity contribution in [3.05, 3.63) is 85.1 Å². The molecule has 1 rings (SSSR count). The number of esters is 1. The van der Waals surface area contributed by atoms with E-state index in [2.05, 4.69) is 98.9 Å². The molecule has 356 valence electrons. The van der Waals surface area contributed by atoms with Gasteiger partial charge in [0.05, 0.1) is 19.8 Å². The first-order valence-corrected chi connectivity index (χ1v) is 24.7. The minimum atomic E-state index is -1.55. The van der Waals surface area contributed by atoms with Gasteiger partial charge < -0.3 is 39.4 Å². The molecule has 9 heteroatoms. The third kappa shape index (κ3) is 33.9. The smallest absolute Gasteiger partial charge is 0.306 e. The molecule has 0 aliphatic carbocycles. The fourth-order valence-corrected chi connectivity index (χ4v) is 6.96. The van der Waals surface area contributed by atoms with Crippen LogP contribution in [0.5, 0.6) is 0 Å². The summed E-state index contributed by atoms with van der Waals surface area (Å²) in [6.07, 6.45) is 51.8. The van der Waals surface area contributed by atoms with Gasteiger partial charge in [0.1, 0.15) is 30.5 Å². The van der Waals surface area contributed by atoms with E-state index in [4.69, 9.17) is 18.9 Å². The molecule has 0 aromatic rings. The molecular weight excluding hydrogens is 781 g/mol. The van der Waals surface area contributed by atoms with Gasteiger partial charge in [-0.15, -0.1) is 0 Å². The highest BCUT2D eigenvalue weighted by Crippen LogP contribution is 2.22. The summed E-state index contributed by atoms with van der Waals surface area (Å²) in [5, 5.41) is 40.2. The van der Waals surface area contributed by atoms with Crippen molar-refractivity contribution in [2.75, 3.05) is 26.4 Å². The van der Waals surface area contributed by atoms with Crippen LogP contribution in [0.15, 0.2) is 85.1 Å². The molecule has 6 unspecified atom stereocenters. The molecule has 9 nitrogen and oxygen atoms in total. The minimum absolute atomic E-state index is 0.123. The van der Waals surface area contributed by atoms with E-state index < -0.39 is 43.4 Å². The Morgan fingerprint density at radius 3 is 1.50 bits per heavy atom. The number of ether oxygens (including phenoxy) is 4. The van der Waals surface area contributed by atoms with Crippen LogP contribution in [0.3, 0.4) is 0 Å². The SMILES string of the molecule is CC/C=C\C/C=C\C/C=C\C/C=C\C/C=C\C/C=C\CCCCCCCOCC(COC1OC(CO)C(O)C(O)C1O)OC(=O)CCCCCCC/C=C\CCCCCCCC. The minimum Gasteiger partial charge on any atom is -0.457 e. The lowest BCUT2D eigenvalue weighted by Crippen LogP contribution is -2.59. The summed E-state index contributed by atoms with van der Waals surface area (Å²) in [5.41, 5.74) is 0. The second-order valence-corrected chi connectivity index (χ2v) is 16.5. The fraction of sp³-hybridized carbons (Fsp3) is 0.717. The van der Waals surface area contributed by atoms with E-state index in [-0.39, 0.29) is 19.2 Å². The van der Waals surface area contributed by atoms with Crippen LogP contribution < -0.4 is 0 Å². The Labute approximate surface area is 378 Å². The van der Waals surface area contributed by atoms with E-state index in [0.717, 1.165) is 116 Å². The second-order valence-electron chi connectivity index (χ2n) is 16.5. The van der Waals surface area contributed by atoms with Gasteiger partial charge in [0.25, 0.3) is 0 Å². The summed E-state index contributed by atoms with van der Waals surface area (Å²) in [6, 6.07) is 0. The summed E-state index contributed by atoms with van der Waals surface area (Å²) in [4.78, 5) is 12.8. The van der Waals surface area contributed by atoms with Crippen molar-refractivity contribution in [1.29, 1.82) is 0 Å². The normalized spacial score (nSPS) is 20.5. The molecule has 1 aliphatic rings. The standard InChI is InChI=1S/C53H90O9/c1-3-5-7-9-11-13-15-17-19-20-21-22-23-24-25-26-27-29-31-33-35-37-39-41-43-59-45-47(46-60-53-52(58)51(57)50(56)48(44-54)62-53)61-49(55)42-40-38-36-34-32-30-28-18-16-14-12-10-8-6-4-2/h5,7,11,13,17-19,21-22,24-25,27-29,47-48,50-54,56-58H,3-4,6,8-10,12,14-16,20,23,26,30-46H2,1-2H3/b7-5-,13-11-,19-17-,22-21-,25-24-,28-18-,29-27-. The van der Waals surface area contributed by atoms with Crippen LogP contribution in [0.2, 0.25) is 0 Å². The topological polar surface area (TPSA) is 135 Å². The average molecular weight is 871 g/mol. The van der Waals surface area contributed by atoms with E-state index in [0.29, 0.717) is 13.0 Å². The summed E-state index contributed by atoms with van der Waals surface area (Å²) in [5.74, 6) is -0.333.